The molecule has 1 atom stereocenters. The molecular formula is C20H28N2O3. The second-order valence-corrected chi connectivity index (χ2v) is 7.63. The van der Waals surface area contributed by atoms with E-state index >= 15 is 0 Å². The molecule has 2 N–H and O–H groups in total. The number of rotatable bonds is 5. The lowest BCUT2D eigenvalue weighted by Gasteiger charge is -2.35. The van der Waals surface area contributed by atoms with Crippen molar-refractivity contribution in [3.63, 3.8) is 0 Å². The predicted molar refractivity (Wildman–Crippen MR) is 98.4 cm³/mol. The van der Waals surface area contributed by atoms with Crippen LogP contribution in [-0.2, 0) is 0 Å². The average Bonchev–Trinajstić information content (AvgIpc) is 2.87. The SMILES string of the molecule is Cc1c([C@@H](NC(=O)N(C)CC2CC(O)C2)C(C)C)oc2ccccc12. The van der Waals surface area contributed by atoms with Crippen LogP contribution in [0.15, 0.2) is 28.7 Å². The van der Waals surface area contributed by atoms with Crippen LogP contribution in [0.3, 0.4) is 0 Å². The lowest BCUT2D eigenvalue weighted by Crippen LogP contribution is -2.45. The van der Waals surface area contributed by atoms with Crippen molar-refractivity contribution < 1.29 is 14.3 Å². The summed E-state index contributed by atoms with van der Waals surface area (Å²) in [5, 5.41) is 13.6. The van der Waals surface area contributed by atoms with E-state index in [4.69, 9.17) is 4.42 Å². The summed E-state index contributed by atoms with van der Waals surface area (Å²) in [5.74, 6) is 1.44. The molecule has 136 valence electrons. The largest absolute Gasteiger partial charge is 0.459 e. The Labute approximate surface area is 149 Å². The van der Waals surface area contributed by atoms with Gasteiger partial charge < -0.3 is 19.7 Å². The molecule has 1 saturated carbocycles. The number of carbonyl (C=O) groups is 1. The summed E-state index contributed by atoms with van der Waals surface area (Å²) in [7, 11) is 1.81. The van der Waals surface area contributed by atoms with Crippen LogP contribution >= 0.6 is 0 Å². The number of hydrogen-bond donors (Lipinski definition) is 2. The molecule has 0 aliphatic heterocycles. The fourth-order valence-corrected chi connectivity index (χ4v) is 3.59. The van der Waals surface area contributed by atoms with E-state index in [0.717, 1.165) is 35.1 Å². The van der Waals surface area contributed by atoms with E-state index in [-0.39, 0.29) is 24.1 Å². The Morgan fingerprint density at radius 1 is 1.36 bits per heavy atom. The number of furan rings is 1. The molecule has 1 aliphatic carbocycles. The molecule has 0 saturated heterocycles. The van der Waals surface area contributed by atoms with Gasteiger partial charge in [0, 0.05) is 24.5 Å². The number of amides is 2. The van der Waals surface area contributed by atoms with Gasteiger partial charge in [-0.25, -0.2) is 4.79 Å². The Hall–Kier alpha value is -2.01. The highest BCUT2D eigenvalue weighted by molar-refractivity contribution is 5.82. The molecule has 0 radical (unpaired) electrons. The van der Waals surface area contributed by atoms with Crippen molar-refractivity contribution >= 4 is 17.0 Å². The van der Waals surface area contributed by atoms with E-state index < -0.39 is 0 Å². The molecule has 0 bridgehead atoms. The molecule has 1 heterocycles. The molecule has 5 nitrogen and oxygen atoms in total. The third kappa shape index (κ3) is 3.66. The Bertz CT molecular complexity index is 746. The number of para-hydroxylation sites is 1. The van der Waals surface area contributed by atoms with Gasteiger partial charge in [0.2, 0.25) is 0 Å². The molecule has 1 aliphatic rings. The smallest absolute Gasteiger partial charge is 0.317 e. The molecule has 3 rings (SSSR count). The summed E-state index contributed by atoms with van der Waals surface area (Å²) in [5.41, 5.74) is 1.94. The Kier molecular flexibility index (Phi) is 5.04. The topological polar surface area (TPSA) is 65.7 Å². The molecule has 1 aromatic heterocycles. The highest BCUT2D eigenvalue weighted by Gasteiger charge is 2.31. The van der Waals surface area contributed by atoms with Gasteiger partial charge in [-0.3, -0.25) is 0 Å². The van der Waals surface area contributed by atoms with Gasteiger partial charge in [-0.2, -0.15) is 0 Å². The maximum atomic E-state index is 12.6. The molecular weight excluding hydrogens is 316 g/mol. The number of fused-ring (bicyclic) bond motifs is 1. The zero-order valence-electron chi connectivity index (χ0n) is 15.5. The maximum absolute atomic E-state index is 12.6. The van der Waals surface area contributed by atoms with Crippen LogP contribution in [0.25, 0.3) is 11.0 Å². The molecule has 0 unspecified atom stereocenters. The summed E-state index contributed by atoms with van der Waals surface area (Å²) < 4.78 is 6.06. The number of aliphatic hydroxyl groups is 1. The molecule has 5 heteroatoms. The third-order valence-electron chi connectivity index (χ3n) is 5.20. The maximum Gasteiger partial charge on any atom is 0.317 e. The Morgan fingerprint density at radius 2 is 2.04 bits per heavy atom. The number of benzene rings is 1. The van der Waals surface area contributed by atoms with Crippen molar-refractivity contribution in [2.75, 3.05) is 13.6 Å². The summed E-state index contributed by atoms with van der Waals surface area (Å²) in [4.78, 5) is 14.3. The minimum absolute atomic E-state index is 0.0973. The summed E-state index contributed by atoms with van der Waals surface area (Å²) in [6, 6.07) is 7.69. The zero-order chi connectivity index (χ0) is 18.1. The molecule has 25 heavy (non-hydrogen) atoms. The van der Waals surface area contributed by atoms with Crippen LogP contribution in [-0.4, -0.2) is 35.7 Å². The van der Waals surface area contributed by atoms with Crippen LogP contribution in [0.5, 0.6) is 0 Å². The fourth-order valence-electron chi connectivity index (χ4n) is 3.59. The zero-order valence-corrected chi connectivity index (χ0v) is 15.5. The molecule has 2 aromatic rings. The molecule has 1 aromatic carbocycles. The molecule has 1 fully saturated rings. The highest BCUT2D eigenvalue weighted by atomic mass is 16.3. The van der Waals surface area contributed by atoms with Crippen LogP contribution in [0.2, 0.25) is 0 Å². The van der Waals surface area contributed by atoms with Gasteiger partial charge in [-0.1, -0.05) is 32.0 Å². The van der Waals surface area contributed by atoms with Gasteiger partial charge in [0.1, 0.15) is 11.3 Å². The predicted octanol–water partition coefficient (Wildman–Crippen LogP) is 3.85. The number of hydrogen-bond acceptors (Lipinski definition) is 3. The fraction of sp³-hybridized carbons (Fsp3) is 0.550. The standard InChI is InChI=1S/C20H28N2O3/c1-12(2)18(19-13(3)16-7-5-6-8-17(16)25-19)21-20(24)22(4)11-14-9-15(23)10-14/h5-8,12,14-15,18,23H,9-11H2,1-4H3,(H,21,24)/t14?,15?,18-/m0/s1. The van der Waals surface area contributed by atoms with Crippen molar-refractivity contribution in [3.05, 3.63) is 35.6 Å². The van der Waals surface area contributed by atoms with E-state index in [1.54, 1.807) is 4.90 Å². The average molecular weight is 344 g/mol. The lowest BCUT2D eigenvalue weighted by molar-refractivity contribution is 0.0322. The van der Waals surface area contributed by atoms with Crippen LogP contribution < -0.4 is 5.32 Å². The number of nitrogens with zero attached hydrogens (tertiary/aromatic N) is 1. The quantitative estimate of drug-likeness (QED) is 0.866. The van der Waals surface area contributed by atoms with E-state index in [2.05, 4.69) is 19.2 Å². The number of urea groups is 1. The normalized spacial score (nSPS) is 21.2. The first-order valence-electron chi connectivity index (χ1n) is 9.04. The van der Waals surface area contributed by atoms with Gasteiger partial charge in [0.05, 0.1) is 12.1 Å². The summed E-state index contributed by atoms with van der Waals surface area (Å²) in [6.07, 6.45) is 1.38. The van der Waals surface area contributed by atoms with Crippen LogP contribution in [0.4, 0.5) is 4.79 Å². The second kappa shape index (κ2) is 7.08. The lowest BCUT2D eigenvalue weighted by atomic mass is 9.82. The first-order chi connectivity index (χ1) is 11.9. The van der Waals surface area contributed by atoms with E-state index in [9.17, 15) is 9.90 Å². The van der Waals surface area contributed by atoms with Gasteiger partial charge in [0.15, 0.2) is 0 Å². The Morgan fingerprint density at radius 3 is 2.64 bits per heavy atom. The van der Waals surface area contributed by atoms with Gasteiger partial charge >= 0.3 is 6.03 Å². The number of aryl methyl sites for hydroxylation is 1. The number of nitrogens with one attached hydrogen (secondary N) is 1. The number of aliphatic hydroxyl groups excluding tert-OH is 1. The first kappa shape index (κ1) is 17.8. The Balaban J connectivity index is 1.74. The van der Waals surface area contributed by atoms with Crippen molar-refractivity contribution in [1.82, 2.24) is 10.2 Å². The molecule has 2 amide bonds. The van der Waals surface area contributed by atoms with Crippen molar-refractivity contribution in [2.45, 2.75) is 45.8 Å². The van der Waals surface area contributed by atoms with E-state index in [0.29, 0.717) is 12.5 Å². The van der Waals surface area contributed by atoms with Crippen molar-refractivity contribution in [3.8, 4) is 0 Å². The minimum atomic E-state index is -0.192. The van der Waals surface area contributed by atoms with Gasteiger partial charge in [-0.05, 0) is 37.7 Å². The highest BCUT2D eigenvalue weighted by Crippen LogP contribution is 2.33. The summed E-state index contributed by atoms with van der Waals surface area (Å²) >= 11 is 0. The van der Waals surface area contributed by atoms with E-state index in [1.165, 1.54) is 0 Å². The first-order valence-corrected chi connectivity index (χ1v) is 9.04. The van der Waals surface area contributed by atoms with Crippen LogP contribution in [0.1, 0.15) is 44.1 Å². The monoisotopic (exact) mass is 344 g/mol. The summed E-state index contributed by atoms with van der Waals surface area (Å²) in [6.45, 7) is 6.88. The second-order valence-electron chi connectivity index (χ2n) is 7.63. The third-order valence-corrected chi connectivity index (χ3v) is 5.20. The van der Waals surface area contributed by atoms with Crippen molar-refractivity contribution in [2.24, 2.45) is 11.8 Å². The van der Waals surface area contributed by atoms with Crippen LogP contribution in [0, 0.1) is 18.8 Å². The number of carbonyl (C=O) groups excluding carboxylic acids is 1. The van der Waals surface area contributed by atoms with E-state index in [1.807, 2.05) is 38.2 Å². The molecule has 0 spiro atoms. The van der Waals surface area contributed by atoms with Crippen molar-refractivity contribution in [1.29, 1.82) is 0 Å². The minimum Gasteiger partial charge on any atom is -0.459 e. The van der Waals surface area contributed by atoms with Gasteiger partial charge in [0.25, 0.3) is 0 Å². The van der Waals surface area contributed by atoms with Gasteiger partial charge in [-0.15, -0.1) is 0 Å².